The first kappa shape index (κ1) is 17.6. The Morgan fingerprint density at radius 1 is 1.31 bits per heavy atom. The number of anilines is 1. The number of imide groups is 1. The van der Waals surface area contributed by atoms with E-state index in [0.29, 0.717) is 11.3 Å². The molecule has 1 aliphatic rings. The number of nitrogens with one attached hydrogen (secondary N) is 2. The molecule has 2 heterocycles. The molecule has 0 saturated carbocycles. The van der Waals surface area contributed by atoms with E-state index in [0.717, 1.165) is 10.5 Å². The van der Waals surface area contributed by atoms with Gasteiger partial charge < -0.3 is 10.6 Å². The van der Waals surface area contributed by atoms with Crippen LogP contribution in [0.4, 0.5) is 10.5 Å². The van der Waals surface area contributed by atoms with Gasteiger partial charge in [0.25, 0.3) is 5.91 Å². The van der Waals surface area contributed by atoms with Crippen LogP contribution in [-0.4, -0.2) is 29.3 Å². The topological polar surface area (TPSA) is 102 Å². The number of hydrogen-bond donors (Lipinski definition) is 2. The van der Waals surface area contributed by atoms with E-state index in [-0.39, 0.29) is 13.0 Å². The molecule has 4 amide bonds. The van der Waals surface area contributed by atoms with Crippen molar-refractivity contribution in [3.63, 3.8) is 0 Å². The van der Waals surface area contributed by atoms with Gasteiger partial charge in [0.15, 0.2) is 0 Å². The second kappa shape index (κ2) is 6.98. The summed E-state index contributed by atoms with van der Waals surface area (Å²) in [5.74, 6) is -0.934. The summed E-state index contributed by atoms with van der Waals surface area (Å²) in [6.45, 7) is 1.26. The summed E-state index contributed by atoms with van der Waals surface area (Å²) in [5.41, 5.74) is 0.906. The van der Waals surface area contributed by atoms with Crippen molar-refractivity contribution < 1.29 is 14.4 Å². The zero-order valence-corrected chi connectivity index (χ0v) is 14.8. The van der Waals surface area contributed by atoms with Gasteiger partial charge in [-0.1, -0.05) is 12.1 Å². The summed E-state index contributed by atoms with van der Waals surface area (Å²) in [6, 6.07) is 10.0. The molecule has 0 bridgehead atoms. The summed E-state index contributed by atoms with van der Waals surface area (Å²) in [6.07, 6.45) is 0.290. The van der Waals surface area contributed by atoms with Crippen molar-refractivity contribution in [1.29, 1.82) is 5.26 Å². The summed E-state index contributed by atoms with van der Waals surface area (Å²) < 4.78 is 0. The van der Waals surface area contributed by atoms with Gasteiger partial charge in [-0.05, 0) is 47.0 Å². The van der Waals surface area contributed by atoms with Crippen LogP contribution in [0.5, 0.6) is 0 Å². The first-order chi connectivity index (χ1) is 12.4. The molecule has 3 rings (SSSR count). The summed E-state index contributed by atoms with van der Waals surface area (Å²) >= 11 is 1.43. The molecule has 0 aliphatic carbocycles. The van der Waals surface area contributed by atoms with Crippen LogP contribution in [0.2, 0.25) is 0 Å². The third kappa shape index (κ3) is 3.30. The molecule has 1 fully saturated rings. The standard InChI is InChI=1S/C18H16N4O3S/c1-18(13-7-9-26-11-13)16(24)22(17(25)21-18)10-15(23)20-14-4-2-12(3-5-14)6-8-19/h2-5,7,9,11H,6,10H2,1H3,(H,20,23)(H,21,25)/t18-/m0/s1. The minimum Gasteiger partial charge on any atom is -0.325 e. The molecule has 1 aromatic heterocycles. The Morgan fingerprint density at radius 2 is 2.04 bits per heavy atom. The predicted molar refractivity (Wildman–Crippen MR) is 96.3 cm³/mol. The number of nitriles is 1. The molecule has 132 valence electrons. The third-order valence-corrected chi connectivity index (χ3v) is 4.88. The largest absolute Gasteiger partial charge is 0.325 e. The van der Waals surface area contributed by atoms with Crippen LogP contribution in [0.3, 0.4) is 0 Å². The van der Waals surface area contributed by atoms with Gasteiger partial charge in [-0.3, -0.25) is 14.5 Å². The fourth-order valence-electron chi connectivity index (χ4n) is 2.73. The van der Waals surface area contributed by atoms with Crippen molar-refractivity contribution in [1.82, 2.24) is 10.2 Å². The van der Waals surface area contributed by atoms with Gasteiger partial charge in [0.2, 0.25) is 5.91 Å². The van der Waals surface area contributed by atoms with Gasteiger partial charge in [0.05, 0.1) is 12.5 Å². The number of thiophene rings is 1. The Balaban J connectivity index is 1.67. The van der Waals surface area contributed by atoms with Gasteiger partial charge in [-0.15, -0.1) is 0 Å². The average molecular weight is 368 g/mol. The van der Waals surface area contributed by atoms with Gasteiger partial charge in [0.1, 0.15) is 12.1 Å². The molecular formula is C18H16N4O3S. The molecule has 0 spiro atoms. The summed E-state index contributed by atoms with van der Waals surface area (Å²) in [7, 11) is 0. The summed E-state index contributed by atoms with van der Waals surface area (Å²) in [4.78, 5) is 38.0. The maximum atomic E-state index is 12.7. The van der Waals surface area contributed by atoms with Crippen LogP contribution in [-0.2, 0) is 21.5 Å². The Kier molecular flexibility index (Phi) is 4.73. The first-order valence-electron chi connectivity index (χ1n) is 7.86. The minimum atomic E-state index is -1.16. The number of hydrogen-bond acceptors (Lipinski definition) is 5. The Morgan fingerprint density at radius 3 is 2.65 bits per heavy atom. The van der Waals surface area contributed by atoms with E-state index in [1.165, 1.54) is 11.3 Å². The van der Waals surface area contributed by atoms with E-state index in [1.807, 2.05) is 11.4 Å². The second-order valence-corrected chi connectivity index (χ2v) is 6.82. The second-order valence-electron chi connectivity index (χ2n) is 6.04. The normalized spacial score (nSPS) is 19.2. The molecule has 0 radical (unpaired) electrons. The first-order valence-corrected chi connectivity index (χ1v) is 8.81. The lowest BCUT2D eigenvalue weighted by Crippen LogP contribution is -2.41. The SMILES string of the molecule is C[C@@]1(c2ccsc2)NC(=O)N(CC(=O)Nc2ccc(CC#N)cc2)C1=O. The number of nitrogens with zero attached hydrogens (tertiary/aromatic N) is 2. The van der Waals surface area contributed by atoms with E-state index < -0.39 is 23.4 Å². The highest BCUT2D eigenvalue weighted by molar-refractivity contribution is 7.08. The molecule has 1 atom stereocenters. The van der Waals surface area contributed by atoms with Gasteiger partial charge in [-0.2, -0.15) is 16.6 Å². The van der Waals surface area contributed by atoms with Crippen molar-refractivity contribution in [2.45, 2.75) is 18.9 Å². The lowest BCUT2D eigenvalue weighted by atomic mass is 9.95. The van der Waals surface area contributed by atoms with E-state index in [2.05, 4.69) is 10.6 Å². The molecule has 2 aromatic rings. The quantitative estimate of drug-likeness (QED) is 0.790. The Bertz CT molecular complexity index is 886. The predicted octanol–water partition coefficient (Wildman–Crippen LogP) is 2.22. The molecule has 1 saturated heterocycles. The van der Waals surface area contributed by atoms with Crippen LogP contribution >= 0.6 is 11.3 Å². The molecule has 26 heavy (non-hydrogen) atoms. The zero-order valence-electron chi connectivity index (χ0n) is 14.0. The number of carbonyl (C=O) groups is 3. The monoisotopic (exact) mass is 368 g/mol. The van der Waals surface area contributed by atoms with E-state index in [9.17, 15) is 14.4 Å². The van der Waals surface area contributed by atoms with Gasteiger partial charge in [0, 0.05) is 5.69 Å². The van der Waals surface area contributed by atoms with E-state index in [1.54, 1.807) is 42.6 Å². The smallest absolute Gasteiger partial charge is 0.325 e. The number of urea groups is 1. The lowest BCUT2D eigenvalue weighted by molar-refractivity contribution is -0.133. The maximum Gasteiger partial charge on any atom is 0.325 e. The van der Waals surface area contributed by atoms with E-state index in [4.69, 9.17) is 5.26 Å². The molecule has 1 aliphatic heterocycles. The fourth-order valence-corrected chi connectivity index (χ4v) is 3.49. The maximum absolute atomic E-state index is 12.7. The van der Waals surface area contributed by atoms with Crippen molar-refractivity contribution in [3.8, 4) is 6.07 Å². The minimum absolute atomic E-state index is 0.290. The fraction of sp³-hybridized carbons (Fsp3) is 0.222. The third-order valence-electron chi connectivity index (χ3n) is 4.20. The van der Waals surface area contributed by atoms with Crippen molar-refractivity contribution in [2.24, 2.45) is 0 Å². The number of amides is 4. The van der Waals surface area contributed by atoms with Crippen LogP contribution < -0.4 is 10.6 Å². The summed E-state index contributed by atoms with van der Waals surface area (Å²) in [5, 5.41) is 17.6. The van der Waals surface area contributed by atoms with Crippen molar-refractivity contribution >= 4 is 34.9 Å². The molecule has 8 heteroatoms. The number of benzene rings is 1. The molecule has 0 unspecified atom stereocenters. The van der Waals surface area contributed by atoms with Crippen molar-refractivity contribution in [2.75, 3.05) is 11.9 Å². The molecule has 2 N–H and O–H groups in total. The number of rotatable bonds is 5. The highest BCUT2D eigenvalue weighted by Gasteiger charge is 2.49. The zero-order chi connectivity index (χ0) is 18.7. The molecule has 1 aromatic carbocycles. The Labute approximate surface area is 154 Å². The van der Waals surface area contributed by atoms with Crippen LogP contribution in [0.1, 0.15) is 18.1 Å². The Hall–Kier alpha value is -3.18. The highest BCUT2D eigenvalue weighted by atomic mass is 32.1. The van der Waals surface area contributed by atoms with Gasteiger partial charge in [-0.25, -0.2) is 4.79 Å². The molecule has 7 nitrogen and oxygen atoms in total. The van der Waals surface area contributed by atoms with Crippen LogP contribution in [0.15, 0.2) is 41.1 Å². The lowest BCUT2D eigenvalue weighted by Gasteiger charge is -2.20. The van der Waals surface area contributed by atoms with Crippen molar-refractivity contribution in [3.05, 3.63) is 52.2 Å². The molecular weight excluding hydrogens is 352 g/mol. The van der Waals surface area contributed by atoms with E-state index >= 15 is 0 Å². The van der Waals surface area contributed by atoms with Crippen LogP contribution in [0.25, 0.3) is 0 Å². The highest BCUT2D eigenvalue weighted by Crippen LogP contribution is 2.30. The van der Waals surface area contributed by atoms with Gasteiger partial charge >= 0.3 is 6.03 Å². The number of carbonyl (C=O) groups excluding carboxylic acids is 3. The van der Waals surface area contributed by atoms with Crippen LogP contribution in [0, 0.1) is 11.3 Å². The average Bonchev–Trinajstić information content (AvgIpc) is 3.22.